The van der Waals surface area contributed by atoms with Crippen LogP contribution in [0.1, 0.15) is 30.9 Å². The predicted molar refractivity (Wildman–Crippen MR) is 73.7 cm³/mol. The topological polar surface area (TPSA) is 56.5 Å². The summed E-state index contributed by atoms with van der Waals surface area (Å²) >= 11 is 0. The molecule has 0 aromatic heterocycles. The molecule has 18 heavy (non-hydrogen) atoms. The normalized spacial score (nSPS) is 11.9. The summed E-state index contributed by atoms with van der Waals surface area (Å²) in [7, 11) is 3.30. The Morgan fingerprint density at radius 2 is 2.17 bits per heavy atom. The first-order chi connectivity index (χ1) is 8.76. The van der Waals surface area contributed by atoms with Gasteiger partial charge in [-0.1, -0.05) is 6.08 Å². The van der Waals surface area contributed by atoms with Crippen LogP contribution >= 0.6 is 0 Å². The first kappa shape index (κ1) is 14.5. The lowest BCUT2D eigenvalue weighted by molar-refractivity contribution is 0.385. The van der Waals surface area contributed by atoms with Crippen molar-refractivity contribution in [2.75, 3.05) is 14.2 Å². The van der Waals surface area contributed by atoms with Crippen molar-refractivity contribution in [2.45, 2.75) is 25.3 Å². The summed E-state index contributed by atoms with van der Waals surface area (Å²) in [5.74, 6) is 7.25. The van der Waals surface area contributed by atoms with Crippen LogP contribution in [-0.2, 0) is 0 Å². The van der Waals surface area contributed by atoms with Gasteiger partial charge in [0.25, 0.3) is 0 Å². The molecule has 1 rings (SSSR count). The highest BCUT2D eigenvalue weighted by molar-refractivity contribution is 5.42. The monoisotopic (exact) mass is 250 g/mol. The van der Waals surface area contributed by atoms with E-state index in [2.05, 4.69) is 12.0 Å². The number of hydrazine groups is 1. The Morgan fingerprint density at radius 1 is 1.39 bits per heavy atom. The van der Waals surface area contributed by atoms with Crippen molar-refractivity contribution in [3.05, 3.63) is 36.4 Å². The summed E-state index contributed by atoms with van der Waals surface area (Å²) in [5, 5.41) is 0. The molecular formula is C14H22N2O2. The molecule has 0 amide bonds. The van der Waals surface area contributed by atoms with Gasteiger partial charge in [-0.05, 0) is 37.5 Å². The lowest BCUT2D eigenvalue weighted by Crippen LogP contribution is -2.28. The van der Waals surface area contributed by atoms with Gasteiger partial charge in [0, 0.05) is 11.6 Å². The molecule has 0 saturated carbocycles. The van der Waals surface area contributed by atoms with E-state index in [1.807, 2.05) is 24.3 Å². The molecule has 0 radical (unpaired) electrons. The molecule has 4 heteroatoms. The lowest BCUT2D eigenvalue weighted by Gasteiger charge is -2.19. The Balaban J connectivity index is 2.90. The number of hydrogen-bond acceptors (Lipinski definition) is 4. The lowest BCUT2D eigenvalue weighted by atomic mass is 10.00. The average Bonchev–Trinajstić information content (AvgIpc) is 2.43. The number of nitrogens with one attached hydrogen (secondary N) is 1. The van der Waals surface area contributed by atoms with Crippen LogP contribution in [0.5, 0.6) is 11.5 Å². The van der Waals surface area contributed by atoms with Crippen molar-refractivity contribution in [1.29, 1.82) is 0 Å². The molecule has 0 spiro atoms. The van der Waals surface area contributed by atoms with Gasteiger partial charge in [0.05, 0.1) is 14.2 Å². The zero-order valence-electron chi connectivity index (χ0n) is 11.1. The highest BCUT2D eigenvalue weighted by Gasteiger charge is 2.15. The molecule has 1 aromatic carbocycles. The summed E-state index contributed by atoms with van der Waals surface area (Å²) in [6, 6.07) is 5.78. The third-order valence-electron chi connectivity index (χ3n) is 2.91. The number of hydrogen-bond donors (Lipinski definition) is 2. The second-order valence-electron chi connectivity index (χ2n) is 4.05. The van der Waals surface area contributed by atoms with Crippen LogP contribution in [-0.4, -0.2) is 14.2 Å². The van der Waals surface area contributed by atoms with Crippen LogP contribution in [0.3, 0.4) is 0 Å². The number of benzene rings is 1. The standard InChI is InChI=1S/C14H22N2O2/c1-4-5-6-7-13(16-15)12-10-11(17-2)8-9-14(12)18-3/h4,8-10,13,16H,1,5-7,15H2,2-3H3. The fourth-order valence-corrected chi connectivity index (χ4v) is 1.91. The van der Waals surface area contributed by atoms with Crippen LogP contribution < -0.4 is 20.7 Å². The minimum atomic E-state index is 0.0509. The maximum atomic E-state index is 5.63. The van der Waals surface area contributed by atoms with E-state index in [0.717, 1.165) is 36.3 Å². The minimum Gasteiger partial charge on any atom is -0.497 e. The summed E-state index contributed by atoms with van der Waals surface area (Å²) in [5.41, 5.74) is 3.85. The quantitative estimate of drug-likeness (QED) is 0.322. The Morgan fingerprint density at radius 3 is 2.72 bits per heavy atom. The van der Waals surface area contributed by atoms with Gasteiger partial charge in [-0.2, -0.15) is 0 Å². The van der Waals surface area contributed by atoms with E-state index < -0.39 is 0 Å². The van der Waals surface area contributed by atoms with Gasteiger partial charge in [-0.15, -0.1) is 6.58 Å². The first-order valence-corrected chi connectivity index (χ1v) is 6.05. The van der Waals surface area contributed by atoms with Crippen molar-refractivity contribution in [1.82, 2.24) is 5.43 Å². The molecule has 3 N–H and O–H groups in total. The molecule has 0 fully saturated rings. The molecule has 0 aliphatic heterocycles. The van der Waals surface area contributed by atoms with E-state index in [-0.39, 0.29) is 6.04 Å². The molecular weight excluding hydrogens is 228 g/mol. The molecule has 1 atom stereocenters. The maximum Gasteiger partial charge on any atom is 0.123 e. The molecule has 0 saturated heterocycles. The second-order valence-corrected chi connectivity index (χ2v) is 4.05. The van der Waals surface area contributed by atoms with Gasteiger partial charge in [0.2, 0.25) is 0 Å². The van der Waals surface area contributed by atoms with Crippen LogP contribution in [0.25, 0.3) is 0 Å². The summed E-state index contributed by atoms with van der Waals surface area (Å²) in [6.45, 7) is 3.72. The van der Waals surface area contributed by atoms with Crippen molar-refractivity contribution >= 4 is 0 Å². The molecule has 1 aromatic rings. The van der Waals surface area contributed by atoms with E-state index in [4.69, 9.17) is 15.3 Å². The van der Waals surface area contributed by atoms with Crippen LogP contribution in [0, 0.1) is 0 Å². The number of ether oxygens (including phenoxy) is 2. The zero-order valence-corrected chi connectivity index (χ0v) is 11.1. The van der Waals surface area contributed by atoms with Gasteiger partial charge in [0.1, 0.15) is 11.5 Å². The third kappa shape index (κ3) is 3.75. The summed E-state index contributed by atoms with van der Waals surface area (Å²) < 4.78 is 10.6. The largest absolute Gasteiger partial charge is 0.497 e. The van der Waals surface area contributed by atoms with Crippen molar-refractivity contribution in [2.24, 2.45) is 5.84 Å². The molecule has 0 aliphatic rings. The van der Waals surface area contributed by atoms with Gasteiger partial charge in [-0.25, -0.2) is 0 Å². The van der Waals surface area contributed by atoms with Crippen molar-refractivity contribution < 1.29 is 9.47 Å². The third-order valence-corrected chi connectivity index (χ3v) is 2.91. The molecule has 0 bridgehead atoms. The number of allylic oxidation sites excluding steroid dienone is 1. The van der Waals surface area contributed by atoms with Crippen LogP contribution in [0.4, 0.5) is 0 Å². The van der Waals surface area contributed by atoms with Gasteiger partial charge < -0.3 is 9.47 Å². The van der Waals surface area contributed by atoms with Crippen LogP contribution in [0.2, 0.25) is 0 Å². The number of nitrogens with two attached hydrogens (primary N) is 1. The highest BCUT2D eigenvalue weighted by atomic mass is 16.5. The Hall–Kier alpha value is -1.52. The van der Waals surface area contributed by atoms with E-state index >= 15 is 0 Å². The van der Waals surface area contributed by atoms with Crippen LogP contribution in [0.15, 0.2) is 30.9 Å². The number of unbranched alkanes of at least 4 members (excludes halogenated alkanes) is 1. The maximum absolute atomic E-state index is 5.63. The second kappa shape index (κ2) is 7.74. The summed E-state index contributed by atoms with van der Waals surface area (Å²) in [6.07, 6.45) is 4.84. The van der Waals surface area contributed by atoms with Gasteiger partial charge in [-0.3, -0.25) is 11.3 Å². The first-order valence-electron chi connectivity index (χ1n) is 6.05. The Bertz CT molecular complexity index is 380. The Kier molecular flexibility index (Phi) is 6.25. The van der Waals surface area contributed by atoms with Crippen molar-refractivity contribution in [3.8, 4) is 11.5 Å². The van der Waals surface area contributed by atoms with Gasteiger partial charge >= 0.3 is 0 Å². The zero-order chi connectivity index (χ0) is 13.4. The predicted octanol–water partition coefficient (Wildman–Crippen LogP) is 2.56. The Labute approximate surface area is 109 Å². The van der Waals surface area contributed by atoms with E-state index in [9.17, 15) is 0 Å². The summed E-state index contributed by atoms with van der Waals surface area (Å²) in [4.78, 5) is 0. The van der Waals surface area contributed by atoms with E-state index in [0.29, 0.717) is 0 Å². The molecule has 4 nitrogen and oxygen atoms in total. The molecule has 0 aliphatic carbocycles. The highest BCUT2D eigenvalue weighted by Crippen LogP contribution is 2.31. The molecule has 100 valence electrons. The SMILES string of the molecule is C=CCCCC(NN)c1cc(OC)ccc1OC. The van der Waals surface area contributed by atoms with E-state index in [1.54, 1.807) is 14.2 Å². The smallest absolute Gasteiger partial charge is 0.123 e. The van der Waals surface area contributed by atoms with E-state index in [1.165, 1.54) is 0 Å². The number of rotatable bonds is 8. The van der Waals surface area contributed by atoms with Gasteiger partial charge in [0.15, 0.2) is 0 Å². The minimum absolute atomic E-state index is 0.0509. The fraction of sp³-hybridized carbons (Fsp3) is 0.429. The fourth-order valence-electron chi connectivity index (χ4n) is 1.91. The molecule has 0 heterocycles. The van der Waals surface area contributed by atoms with Crippen molar-refractivity contribution in [3.63, 3.8) is 0 Å². The molecule has 1 unspecified atom stereocenters. The average molecular weight is 250 g/mol. The number of methoxy groups -OCH3 is 2.